The number of nitrogens with one attached hydrogen (secondary N) is 2. The van der Waals surface area contributed by atoms with E-state index >= 15 is 0 Å². The van der Waals surface area contributed by atoms with Crippen molar-refractivity contribution in [2.45, 2.75) is 37.0 Å². The second-order valence-corrected chi connectivity index (χ2v) is 11.0. The van der Waals surface area contributed by atoms with E-state index in [-0.39, 0.29) is 17.5 Å². The Morgan fingerprint density at radius 2 is 1.33 bits per heavy atom. The second kappa shape index (κ2) is 13.8. The van der Waals surface area contributed by atoms with Crippen molar-refractivity contribution in [3.8, 4) is 11.5 Å². The van der Waals surface area contributed by atoms with Gasteiger partial charge in [-0.3, -0.25) is 4.72 Å². The van der Waals surface area contributed by atoms with Gasteiger partial charge in [0.05, 0.1) is 4.90 Å². The Morgan fingerprint density at radius 1 is 0.744 bits per heavy atom. The molecular weight excluding hydrogens is 512 g/mol. The number of rotatable bonds is 14. The molecule has 0 heterocycles. The summed E-state index contributed by atoms with van der Waals surface area (Å²) in [4.78, 5) is 0.220. The van der Waals surface area contributed by atoms with Crippen molar-refractivity contribution in [3.05, 3.63) is 120 Å². The Hall–Kier alpha value is -3.85. The SMILES string of the molecule is CC(Cc1ccc(NS(=O)(=O)c2ccccc2)cc1)NCC(O)COc1ccccc1OCc1ccccc1. The number of anilines is 1. The first kappa shape index (κ1) is 28.2. The molecule has 0 spiro atoms. The summed E-state index contributed by atoms with van der Waals surface area (Å²) in [5.41, 5.74) is 2.62. The van der Waals surface area contributed by atoms with Crippen molar-refractivity contribution < 1.29 is 23.0 Å². The molecule has 0 aliphatic carbocycles. The molecule has 8 heteroatoms. The summed E-state index contributed by atoms with van der Waals surface area (Å²) in [5, 5.41) is 13.8. The number of aliphatic hydroxyl groups is 1. The van der Waals surface area contributed by atoms with Crippen LogP contribution in [-0.2, 0) is 23.1 Å². The first-order valence-electron chi connectivity index (χ1n) is 12.9. The maximum Gasteiger partial charge on any atom is 0.261 e. The van der Waals surface area contributed by atoms with Crippen LogP contribution in [0.1, 0.15) is 18.1 Å². The molecule has 39 heavy (non-hydrogen) atoms. The van der Waals surface area contributed by atoms with Crippen LogP contribution in [-0.4, -0.2) is 38.8 Å². The van der Waals surface area contributed by atoms with Crippen LogP contribution in [0.5, 0.6) is 11.5 Å². The maximum atomic E-state index is 12.5. The Bertz CT molecular complexity index is 1400. The molecule has 0 fully saturated rings. The third kappa shape index (κ3) is 8.85. The highest BCUT2D eigenvalue weighted by atomic mass is 32.2. The van der Waals surface area contributed by atoms with Gasteiger partial charge in [0.1, 0.15) is 19.3 Å². The summed E-state index contributed by atoms with van der Waals surface area (Å²) >= 11 is 0. The van der Waals surface area contributed by atoms with Crippen LogP contribution in [0.3, 0.4) is 0 Å². The van der Waals surface area contributed by atoms with E-state index in [1.165, 1.54) is 0 Å². The summed E-state index contributed by atoms with van der Waals surface area (Å²) in [5.74, 6) is 1.22. The zero-order valence-electron chi connectivity index (χ0n) is 21.9. The molecule has 0 saturated heterocycles. The average Bonchev–Trinajstić information content (AvgIpc) is 2.96. The van der Waals surface area contributed by atoms with Gasteiger partial charge in [-0.25, -0.2) is 8.42 Å². The number of hydrogen-bond acceptors (Lipinski definition) is 6. The van der Waals surface area contributed by atoms with Crippen LogP contribution < -0.4 is 19.5 Å². The first-order chi connectivity index (χ1) is 18.9. The quantitative estimate of drug-likeness (QED) is 0.205. The molecule has 0 saturated carbocycles. The lowest BCUT2D eigenvalue weighted by Gasteiger charge is -2.19. The molecule has 0 aromatic heterocycles. The highest BCUT2D eigenvalue weighted by Gasteiger charge is 2.14. The Morgan fingerprint density at radius 3 is 2.00 bits per heavy atom. The Labute approximate surface area is 230 Å². The van der Waals surface area contributed by atoms with E-state index in [0.717, 1.165) is 17.5 Å². The number of sulfonamides is 1. The third-order valence-corrected chi connectivity index (χ3v) is 7.42. The largest absolute Gasteiger partial charge is 0.487 e. The predicted octanol–water partition coefficient (Wildman–Crippen LogP) is 5.03. The predicted molar refractivity (Wildman–Crippen MR) is 154 cm³/mol. The number of hydrogen-bond donors (Lipinski definition) is 3. The highest BCUT2D eigenvalue weighted by Crippen LogP contribution is 2.27. The molecule has 4 aromatic rings. The van der Waals surface area contributed by atoms with Crippen LogP contribution in [0.25, 0.3) is 0 Å². The third-order valence-electron chi connectivity index (χ3n) is 6.02. The minimum Gasteiger partial charge on any atom is -0.487 e. The van der Waals surface area contributed by atoms with E-state index in [1.54, 1.807) is 42.5 Å². The highest BCUT2D eigenvalue weighted by molar-refractivity contribution is 7.92. The summed E-state index contributed by atoms with van der Waals surface area (Å²) in [6.07, 6.45) is 0.0134. The normalized spacial score (nSPS) is 12.9. The van der Waals surface area contributed by atoms with Gasteiger partial charge in [0.15, 0.2) is 11.5 Å². The van der Waals surface area contributed by atoms with Crippen LogP contribution >= 0.6 is 0 Å². The first-order valence-corrected chi connectivity index (χ1v) is 14.3. The van der Waals surface area contributed by atoms with Gasteiger partial charge in [-0.1, -0.05) is 72.8 Å². The molecule has 3 N–H and O–H groups in total. The summed E-state index contributed by atoms with van der Waals surface area (Å²) in [6.45, 7) is 2.96. The molecule has 0 aliphatic heterocycles. The zero-order chi connectivity index (χ0) is 27.5. The van der Waals surface area contributed by atoms with E-state index in [4.69, 9.17) is 9.47 Å². The van der Waals surface area contributed by atoms with Crippen LogP contribution in [0.15, 0.2) is 114 Å². The maximum absolute atomic E-state index is 12.5. The average molecular weight is 547 g/mol. The summed E-state index contributed by atoms with van der Waals surface area (Å²) in [7, 11) is -3.62. The van der Waals surface area contributed by atoms with Crippen molar-refractivity contribution in [1.29, 1.82) is 0 Å². The van der Waals surface area contributed by atoms with Crippen molar-refractivity contribution in [1.82, 2.24) is 5.32 Å². The zero-order valence-corrected chi connectivity index (χ0v) is 22.7. The summed E-state index contributed by atoms with van der Waals surface area (Å²) in [6, 6.07) is 33.0. The van der Waals surface area contributed by atoms with Gasteiger partial charge < -0.3 is 19.9 Å². The molecule has 2 unspecified atom stereocenters. The molecule has 4 rings (SSSR count). The van der Waals surface area contributed by atoms with Gasteiger partial charge in [-0.05, 0) is 60.9 Å². The smallest absolute Gasteiger partial charge is 0.261 e. The van der Waals surface area contributed by atoms with E-state index in [2.05, 4.69) is 10.0 Å². The van der Waals surface area contributed by atoms with Gasteiger partial charge in [-0.2, -0.15) is 0 Å². The van der Waals surface area contributed by atoms with Crippen LogP contribution in [0.2, 0.25) is 0 Å². The molecular formula is C31H34N2O5S. The standard InChI is InChI=1S/C31H34N2O5S/c1-24(20-25-16-18-27(19-17-25)33-39(35,36)29-12-6-3-7-13-29)32-21-28(34)23-38-31-15-9-8-14-30(31)37-22-26-10-4-2-5-11-26/h2-19,24,28,32-34H,20-23H2,1H3. The van der Waals surface area contributed by atoms with Crippen LogP contribution in [0, 0.1) is 0 Å². The molecule has 0 bridgehead atoms. The number of para-hydroxylation sites is 2. The van der Waals surface area contributed by atoms with E-state index in [0.29, 0.717) is 30.3 Å². The van der Waals surface area contributed by atoms with E-state index in [1.807, 2.05) is 73.7 Å². The Kier molecular flexibility index (Phi) is 9.97. The Balaban J connectivity index is 1.20. The van der Waals surface area contributed by atoms with Gasteiger partial charge >= 0.3 is 0 Å². The number of ether oxygens (including phenoxy) is 2. The minimum atomic E-state index is -3.62. The van der Waals surface area contributed by atoms with Gasteiger partial charge in [-0.15, -0.1) is 0 Å². The molecule has 0 radical (unpaired) electrons. The van der Waals surface area contributed by atoms with Gasteiger partial charge in [0.25, 0.3) is 10.0 Å². The van der Waals surface area contributed by atoms with Crippen molar-refractivity contribution in [3.63, 3.8) is 0 Å². The molecule has 2 atom stereocenters. The molecule has 7 nitrogen and oxygen atoms in total. The van der Waals surface area contributed by atoms with Crippen molar-refractivity contribution >= 4 is 15.7 Å². The molecule has 204 valence electrons. The summed E-state index contributed by atoms with van der Waals surface area (Å²) < 4.78 is 39.4. The molecule has 0 amide bonds. The topological polar surface area (TPSA) is 96.9 Å². The monoisotopic (exact) mass is 546 g/mol. The van der Waals surface area contributed by atoms with Crippen LogP contribution in [0.4, 0.5) is 5.69 Å². The lowest BCUT2D eigenvalue weighted by molar-refractivity contribution is 0.101. The van der Waals surface area contributed by atoms with E-state index in [9.17, 15) is 13.5 Å². The molecule has 0 aliphatic rings. The lowest BCUT2D eigenvalue weighted by atomic mass is 10.1. The fourth-order valence-corrected chi connectivity index (χ4v) is 5.03. The van der Waals surface area contributed by atoms with Crippen molar-refractivity contribution in [2.75, 3.05) is 17.9 Å². The number of aliphatic hydroxyl groups excluding tert-OH is 1. The number of benzene rings is 4. The van der Waals surface area contributed by atoms with E-state index < -0.39 is 16.1 Å². The minimum absolute atomic E-state index is 0.0907. The van der Waals surface area contributed by atoms with Gasteiger partial charge in [0.2, 0.25) is 0 Å². The molecule has 4 aromatic carbocycles. The lowest BCUT2D eigenvalue weighted by Crippen LogP contribution is -2.37. The fourth-order valence-electron chi connectivity index (χ4n) is 3.95. The fraction of sp³-hybridized carbons (Fsp3) is 0.226. The van der Waals surface area contributed by atoms with Crippen molar-refractivity contribution in [2.24, 2.45) is 0 Å². The second-order valence-electron chi connectivity index (χ2n) is 9.31. The van der Waals surface area contributed by atoms with Gasteiger partial charge in [0, 0.05) is 18.3 Å².